The van der Waals surface area contributed by atoms with E-state index in [1.165, 1.54) is 16.2 Å². The summed E-state index contributed by atoms with van der Waals surface area (Å²) in [4.78, 5) is 0. The quantitative estimate of drug-likeness (QED) is 0.692. The molecule has 0 atom stereocenters. The van der Waals surface area contributed by atoms with Crippen molar-refractivity contribution >= 4 is 20.8 Å². The van der Waals surface area contributed by atoms with Crippen LogP contribution in [0.15, 0.2) is 35.4 Å². The van der Waals surface area contributed by atoms with Crippen molar-refractivity contribution in [2.45, 2.75) is 71.9 Å². The Balaban J connectivity index is 2.57. The molecule has 2 rings (SSSR count). The Morgan fingerprint density at radius 3 is 1.83 bits per heavy atom. The van der Waals surface area contributed by atoms with E-state index in [0.29, 0.717) is 0 Å². The summed E-state index contributed by atoms with van der Waals surface area (Å²) < 4.78 is 12.8. The Hall–Kier alpha value is -0.838. The van der Waals surface area contributed by atoms with Crippen LogP contribution in [0.1, 0.15) is 46.6 Å². The highest BCUT2D eigenvalue weighted by molar-refractivity contribution is 6.96. The normalized spacial score (nSPS) is 21.3. The lowest BCUT2D eigenvalue weighted by Crippen LogP contribution is -2.41. The summed E-state index contributed by atoms with van der Waals surface area (Å²) in [6.45, 7) is 17.9. The van der Waals surface area contributed by atoms with Crippen LogP contribution in [0.3, 0.4) is 0 Å². The highest BCUT2D eigenvalue weighted by Crippen LogP contribution is 2.42. The van der Waals surface area contributed by atoms with Crippen LogP contribution in [-0.2, 0) is 9.31 Å². The fourth-order valence-corrected chi connectivity index (χ4v) is 5.15. The van der Waals surface area contributed by atoms with Gasteiger partial charge in [0.05, 0.1) is 19.3 Å². The molecule has 0 aliphatic carbocycles. The molecule has 126 valence electrons. The highest BCUT2D eigenvalue weighted by Gasteiger charge is 2.54. The van der Waals surface area contributed by atoms with Gasteiger partial charge in [-0.05, 0) is 50.3 Å². The molecule has 1 aromatic carbocycles. The van der Waals surface area contributed by atoms with Crippen molar-refractivity contribution in [1.82, 2.24) is 0 Å². The molecule has 23 heavy (non-hydrogen) atoms. The lowest BCUT2D eigenvalue weighted by atomic mass is 9.83. The first-order valence-electron chi connectivity index (χ1n) is 8.64. The van der Waals surface area contributed by atoms with Crippen molar-refractivity contribution in [2.75, 3.05) is 0 Å². The fraction of sp³-hybridized carbons (Fsp3) is 0.579. The summed E-state index contributed by atoms with van der Waals surface area (Å²) >= 11 is 0. The molecular weight excluding hydrogens is 299 g/mol. The third-order valence-corrected chi connectivity index (χ3v) is 7.25. The van der Waals surface area contributed by atoms with E-state index in [-0.39, 0.29) is 18.3 Å². The lowest BCUT2D eigenvalue weighted by molar-refractivity contribution is 0.00578. The maximum absolute atomic E-state index is 6.41. The zero-order chi connectivity index (χ0) is 17.5. The Morgan fingerprint density at radius 1 is 0.957 bits per heavy atom. The van der Waals surface area contributed by atoms with Gasteiger partial charge in [-0.15, -0.1) is 0 Å². The van der Waals surface area contributed by atoms with E-state index >= 15 is 0 Å². The summed E-state index contributed by atoms with van der Waals surface area (Å²) in [5, 5.41) is 1.39. The molecular formula is C19H31BO2Si. The second kappa shape index (κ2) is 6.23. The van der Waals surface area contributed by atoms with Gasteiger partial charge in [0, 0.05) is 0 Å². The minimum atomic E-state index is -1.61. The van der Waals surface area contributed by atoms with Crippen LogP contribution < -0.4 is 0 Å². The van der Waals surface area contributed by atoms with Crippen LogP contribution >= 0.6 is 0 Å². The molecule has 2 nitrogen and oxygen atoms in total. The number of hydrogen-bond acceptors (Lipinski definition) is 2. The number of benzene rings is 1. The van der Waals surface area contributed by atoms with Gasteiger partial charge >= 0.3 is 7.12 Å². The SMILES string of the molecule is CC/C(=C(/B1OC(C)(C)C(C)(C)O1)[Si](C)(C)C)c1ccccc1. The van der Waals surface area contributed by atoms with E-state index in [9.17, 15) is 0 Å². The van der Waals surface area contributed by atoms with E-state index in [1.54, 1.807) is 0 Å². The third kappa shape index (κ3) is 3.65. The molecule has 4 heteroatoms. The maximum Gasteiger partial charge on any atom is 0.486 e. The first kappa shape index (κ1) is 18.5. The zero-order valence-corrected chi connectivity index (χ0v) is 17.0. The molecule has 1 fully saturated rings. The summed E-state index contributed by atoms with van der Waals surface area (Å²) in [5.74, 6) is 0. The maximum atomic E-state index is 6.41. The third-order valence-electron chi connectivity index (χ3n) is 5.10. The topological polar surface area (TPSA) is 18.5 Å². The monoisotopic (exact) mass is 330 g/mol. The van der Waals surface area contributed by atoms with Gasteiger partial charge in [-0.3, -0.25) is 0 Å². The predicted octanol–water partition coefficient (Wildman–Crippen LogP) is 5.36. The van der Waals surface area contributed by atoms with Crippen LogP contribution in [0.2, 0.25) is 19.6 Å². The lowest BCUT2D eigenvalue weighted by Gasteiger charge is -2.32. The summed E-state index contributed by atoms with van der Waals surface area (Å²) in [5.41, 5.74) is 2.10. The fourth-order valence-electron chi connectivity index (χ4n) is 3.10. The average Bonchev–Trinajstić information content (AvgIpc) is 2.63. The first-order valence-corrected chi connectivity index (χ1v) is 12.1. The van der Waals surface area contributed by atoms with E-state index in [1.807, 2.05) is 0 Å². The molecule has 1 saturated heterocycles. The van der Waals surface area contributed by atoms with Gasteiger partial charge in [0.1, 0.15) is 0 Å². The van der Waals surface area contributed by atoms with Gasteiger partial charge in [-0.25, -0.2) is 0 Å². The van der Waals surface area contributed by atoms with Crippen LogP contribution in [0, 0.1) is 0 Å². The molecule has 0 bridgehead atoms. The van der Waals surface area contributed by atoms with Crippen molar-refractivity contribution in [3.8, 4) is 0 Å². The molecule has 0 unspecified atom stereocenters. The molecule has 1 heterocycles. The summed E-state index contributed by atoms with van der Waals surface area (Å²) in [6.07, 6.45) is 0.994. The second-order valence-electron chi connectivity index (χ2n) is 8.45. The molecule has 0 saturated carbocycles. The smallest absolute Gasteiger partial charge is 0.400 e. The molecule has 0 N–H and O–H groups in total. The first-order chi connectivity index (χ1) is 10.5. The molecule has 1 aliphatic rings. The molecule has 0 aromatic heterocycles. The Kier molecular flexibility index (Phi) is 5.01. The van der Waals surface area contributed by atoms with Crippen molar-refractivity contribution in [2.24, 2.45) is 0 Å². The Morgan fingerprint density at radius 2 is 1.43 bits per heavy atom. The minimum absolute atomic E-state index is 0.234. The molecule has 0 amide bonds. The minimum Gasteiger partial charge on any atom is -0.400 e. The average molecular weight is 330 g/mol. The Labute approximate surface area is 143 Å². The van der Waals surface area contributed by atoms with Gasteiger partial charge in [0.15, 0.2) is 0 Å². The molecule has 1 aliphatic heterocycles. The molecule has 0 radical (unpaired) electrons. The van der Waals surface area contributed by atoms with Crippen LogP contribution in [0.4, 0.5) is 0 Å². The van der Waals surface area contributed by atoms with E-state index in [4.69, 9.17) is 9.31 Å². The Bertz CT molecular complexity index is 569. The number of rotatable bonds is 4. The van der Waals surface area contributed by atoms with Crippen molar-refractivity contribution in [3.05, 3.63) is 41.0 Å². The second-order valence-corrected chi connectivity index (χ2v) is 13.5. The van der Waals surface area contributed by atoms with E-state index in [2.05, 4.69) is 84.6 Å². The van der Waals surface area contributed by atoms with Gasteiger partial charge in [-0.2, -0.15) is 0 Å². The summed E-state index contributed by atoms with van der Waals surface area (Å²) in [6, 6.07) is 10.7. The number of allylic oxidation sites excluding steroid dienone is 1. The van der Waals surface area contributed by atoms with Gasteiger partial charge in [-0.1, -0.05) is 56.9 Å². The number of hydrogen-bond donors (Lipinski definition) is 0. The van der Waals surface area contributed by atoms with Crippen molar-refractivity contribution in [1.29, 1.82) is 0 Å². The van der Waals surface area contributed by atoms with Crippen molar-refractivity contribution in [3.63, 3.8) is 0 Å². The van der Waals surface area contributed by atoms with Crippen LogP contribution in [0.5, 0.6) is 0 Å². The summed E-state index contributed by atoms with van der Waals surface area (Å²) in [7, 11) is -1.85. The largest absolute Gasteiger partial charge is 0.486 e. The van der Waals surface area contributed by atoms with Crippen LogP contribution in [-0.4, -0.2) is 26.4 Å². The standard InChI is InChI=1S/C19H31BO2Si/c1-9-16(15-13-11-10-12-14-15)17(23(6,7)8)20-21-18(2,3)19(4,5)22-20/h10-14H,9H2,1-8H3/b17-16+. The van der Waals surface area contributed by atoms with E-state index in [0.717, 1.165) is 6.42 Å². The van der Waals surface area contributed by atoms with E-state index < -0.39 is 8.07 Å². The van der Waals surface area contributed by atoms with Gasteiger partial charge < -0.3 is 9.31 Å². The molecule has 0 spiro atoms. The van der Waals surface area contributed by atoms with Gasteiger partial charge in [0.2, 0.25) is 0 Å². The zero-order valence-electron chi connectivity index (χ0n) is 16.0. The predicted molar refractivity (Wildman–Crippen MR) is 103 cm³/mol. The molecule has 1 aromatic rings. The van der Waals surface area contributed by atoms with Crippen molar-refractivity contribution < 1.29 is 9.31 Å². The van der Waals surface area contributed by atoms with Gasteiger partial charge in [0.25, 0.3) is 0 Å². The highest BCUT2D eigenvalue weighted by atomic mass is 28.3. The van der Waals surface area contributed by atoms with Crippen LogP contribution in [0.25, 0.3) is 5.57 Å².